The maximum atomic E-state index is 13.1. The van der Waals surface area contributed by atoms with Gasteiger partial charge in [-0.15, -0.1) is 0 Å². The summed E-state index contributed by atoms with van der Waals surface area (Å²) in [5.74, 6) is 0.418. The van der Waals surface area contributed by atoms with E-state index in [4.69, 9.17) is 4.74 Å². The van der Waals surface area contributed by atoms with Gasteiger partial charge in [-0.1, -0.05) is 6.07 Å². The number of ether oxygens (including phenoxy) is 1. The van der Waals surface area contributed by atoms with Gasteiger partial charge in [-0.3, -0.25) is 4.79 Å². The quantitative estimate of drug-likeness (QED) is 0.776. The van der Waals surface area contributed by atoms with E-state index in [-0.39, 0.29) is 18.0 Å². The summed E-state index contributed by atoms with van der Waals surface area (Å²) in [5.41, 5.74) is 2.32. The number of benzene rings is 2. The first-order valence-electron chi connectivity index (χ1n) is 6.13. The molecule has 0 heterocycles. The molecule has 0 bridgehead atoms. The van der Waals surface area contributed by atoms with Crippen LogP contribution in [0.5, 0.6) is 5.75 Å². The molecule has 104 valence electrons. The molecule has 0 saturated carbocycles. The van der Waals surface area contributed by atoms with Gasteiger partial charge in [0.25, 0.3) is 0 Å². The Morgan fingerprint density at radius 2 is 2.00 bits per heavy atom. The van der Waals surface area contributed by atoms with E-state index < -0.39 is 0 Å². The van der Waals surface area contributed by atoms with E-state index in [0.29, 0.717) is 10.0 Å². The van der Waals surface area contributed by atoms with Crippen LogP contribution in [0.1, 0.15) is 21.5 Å². The fourth-order valence-corrected chi connectivity index (χ4v) is 2.42. The number of hydrogen-bond acceptors (Lipinski definition) is 2. The molecule has 2 nitrogen and oxygen atoms in total. The number of hydrogen-bond donors (Lipinski definition) is 0. The van der Waals surface area contributed by atoms with Gasteiger partial charge in [0.2, 0.25) is 0 Å². The van der Waals surface area contributed by atoms with Crippen molar-refractivity contribution in [3.05, 3.63) is 63.4 Å². The van der Waals surface area contributed by atoms with E-state index in [0.717, 1.165) is 16.9 Å². The van der Waals surface area contributed by atoms with Crippen molar-refractivity contribution in [2.24, 2.45) is 0 Å². The van der Waals surface area contributed by atoms with E-state index in [9.17, 15) is 9.18 Å². The van der Waals surface area contributed by atoms with E-state index in [1.165, 1.54) is 6.07 Å². The van der Waals surface area contributed by atoms with Crippen LogP contribution < -0.4 is 4.74 Å². The van der Waals surface area contributed by atoms with Crippen LogP contribution in [0.3, 0.4) is 0 Å². The van der Waals surface area contributed by atoms with Gasteiger partial charge < -0.3 is 4.74 Å². The smallest absolute Gasteiger partial charge is 0.167 e. The predicted molar refractivity (Wildman–Crippen MR) is 79.9 cm³/mol. The van der Waals surface area contributed by atoms with Crippen LogP contribution in [0.15, 0.2) is 40.9 Å². The molecule has 0 N–H and O–H groups in total. The van der Waals surface area contributed by atoms with Crippen LogP contribution in [0.2, 0.25) is 0 Å². The molecule has 20 heavy (non-hydrogen) atoms. The normalized spacial score (nSPS) is 10.4. The average molecular weight is 337 g/mol. The van der Waals surface area contributed by atoms with Gasteiger partial charge in [0.15, 0.2) is 5.78 Å². The lowest BCUT2D eigenvalue weighted by Gasteiger charge is -2.07. The van der Waals surface area contributed by atoms with Gasteiger partial charge in [-0.2, -0.15) is 0 Å². The number of rotatable bonds is 4. The molecule has 4 heteroatoms. The maximum Gasteiger partial charge on any atom is 0.167 e. The lowest BCUT2D eigenvalue weighted by Crippen LogP contribution is -2.04. The summed E-state index contributed by atoms with van der Waals surface area (Å²) in [7, 11) is 1.60. The minimum atomic E-state index is -0.332. The standard InChI is InChI=1S/C16H14BrFO2/c1-10-7-12(4-6-16(10)20-2)15(19)9-11-3-5-14(18)13(17)8-11/h3-8H,9H2,1-2H3. The summed E-state index contributed by atoms with van der Waals surface area (Å²) >= 11 is 3.12. The number of carbonyl (C=O) groups is 1. The number of Topliss-reactive ketones (excluding diaryl/α,β-unsaturated/α-hetero) is 1. The van der Waals surface area contributed by atoms with E-state index in [1.807, 2.05) is 6.92 Å². The highest BCUT2D eigenvalue weighted by Crippen LogP contribution is 2.21. The van der Waals surface area contributed by atoms with Crippen LogP contribution in [-0.4, -0.2) is 12.9 Å². The zero-order valence-corrected chi connectivity index (χ0v) is 12.8. The number of ketones is 1. The molecule has 2 rings (SSSR count). The molecule has 0 saturated heterocycles. The molecule has 0 unspecified atom stereocenters. The summed E-state index contributed by atoms with van der Waals surface area (Å²) in [4.78, 5) is 12.2. The van der Waals surface area contributed by atoms with E-state index in [2.05, 4.69) is 15.9 Å². The van der Waals surface area contributed by atoms with Crippen molar-refractivity contribution in [2.45, 2.75) is 13.3 Å². The molecule has 0 spiro atoms. The third kappa shape index (κ3) is 3.25. The monoisotopic (exact) mass is 336 g/mol. The minimum Gasteiger partial charge on any atom is -0.496 e. The first-order valence-corrected chi connectivity index (χ1v) is 6.92. The van der Waals surface area contributed by atoms with Crippen molar-refractivity contribution in [2.75, 3.05) is 7.11 Å². The Morgan fingerprint density at radius 3 is 2.60 bits per heavy atom. The van der Waals surface area contributed by atoms with Crippen molar-refractivity contribution in [1.29, 1.82) is 0 Å². The number of methoxy groups -OCH3 is 1. The summed E-state index contributed by atoms with van der Waals surface area (Å²) in [6.07, 6.45) is 0.241. The fraction of sp³-hybridized carbons (Fsp3) is 0.188. The van der Waals surface area contributed by atoms with Gasteiger partial charge in [0.05, 0.1) is 11.6 Å². The molecular weight excluding hydrogens is 323 g/mol. The van der Waals surface area contributed by atoms with Crippen LogP contribution in [0.25, 0.3) is 0 Å². The highest BCUT2D eigenvalue weighted by molar-refractivity contribution is 9.10. The SMILES string of the molecule is COc1ccc(C(=O)Cc2ccc(F)c(Br)c2)cc1C. The lowest BCUT2D eigenvalue weighted by atomic mass is 10.0. The zero-order chi connectivity index (χ0) is 14.7. The summed E-state index contributed by atoms with van der Waals surface area (Å²) < 4.78 is 18.7. The summed E-state index contributed by atoms with van der Waals surface area (Å²) in [5, 5.41) is 0. The predicted octanol–water partition coefficient (Wildman–Crippen LogP) is 4.33. The van der Waals surface area contributed by atoms with Crippen LogP contribution >= 0.6 is 15.9 Å². The third-order valence-electron chi connectivity index (χ3n) is 3.07. The molecule has 0 radical (unpaired) electrons. The van der Waals surface area contributed by atoms with Crippen molar-refractivity contribution in [1.82, 2.24) is 0 Å². The number of carbonyl (C=O) groups excluding carboxylic acids is 1. The van der Waals surface area contributed by atoms with Gasteiger partial charge >= 0.3 is 0 Å². The van der Waals surface area contributed by atoms with Gasteiger partial charge in [-0.05, 0) is 64.3 Å². The highest BCUT2D eigenvalue weighted by Gasteiger charge is 2.10. The van der Waals surface area contributed by atoms with Gasteiger partial charge in [0.1, 0.15) is 11.6 Å². The Hall–Kier alpha value is -1.68. The molecule has 2 aromatic rings. The summed E-state index contributed by atoms with van der Waals surface area (Å²) in [6, 6.07) is 9.93. The Labute approximate surface area is 125 Å². The van der Waals surface area contributed by atoms with Gasteiger partial charge in [-0.25, -0.2) is 4.39 Å². The second kappa shape index (κ2) is 6.18. The first-order chi connectivity index (χ1) is 9.51. The topological polar surface area (TPSA) is 26.3 Å². The Kier molecular flexibility index (Phi) is 4.55. The Balaban J connectivity index is 2.19. The summed E-state index contributed by atoms with van der Waals surface area (Å²) in [6.45, 7) is 1.89. The van der Waals surface area contributed by atoms with Crippen LogP contribution in [0.4, 0.5) is 4.39 Å². The Bertz CT molecular complexity index is 653. The largest absolute Gasteiger partial charge is 0.496 e. The second-order valence-corrected chi connectivity index (χ2v) is 5.39. The average Bonchev–Trinajstić information content (AvgIpc) is 2.42. The lowest BCUT2D eigenvalue weighted by molar-refractivity contribution is 0.0993. The van der Waals surface area contributed by atoms with Crippen molar-refractivity contribution >= 4 is 21.7 Å². The van der Waals surface area contributed by atoms with Gasteiger partial charge in [0, 0.05) is 12.0 Å². The minimum absolute atomic E-state index is 0.00531. The van der Waals surface area contributed by atoms with E-state index in [1.54, 1.807) is 37.4 Å². The fourth-order valence-electron chi connectivity index (χ4n) is 1.99. The maximum absolute atomic E-state index is 13.1. The van der Waals surface area contributed by atoms with Crippen molar-refractivity contribution < 1.29 is 13.9 Å². The van der Waals surface area contributed by atoms with Crippen molar-refractivity contribution in [3.8, 4) is 5.75 Å². The zero-order valence-electron chi connectivity index (χ0n) is 11.2. The number of halogens is 2. The molecular formula is C16H14BrFO2. The second-order valence-electron chi connectivity index (χ2n) is 4.53. The first kappa shape index (κ1) is 14.7. The van der Waals surface area contributed by atoms with Crippen LogP contribution in [0, 0.1) is 12.7 Å². The number of aryl methyl sites for hydroxylation is 1. The molecule has 0 amide bonds. The van der Waals surface area contributed by atoms with E-state index >= 15 is 0 Å². The molecule has 0 atom stereocenters. The molecule has 0 aliphatic carbocycles. The third-order valence-corrected chi connectivity index (χ3v) is 3.67. The molecule has 2 aromatic carbocycles. The molecule has 0 aromatic heterocycles. The Morgan fingerprint density at radius 1 is 1.25 bits per heavy atom. The molecule has 0 aliphatic rings. The molecule has 0 fully saturated rings. The van der Waals surface area contributed by atoms with Crippen molar-refractivity contribution in [3.63, 3.8) is 0 Å². The molecule has 0 aliphatic heterocycles. The highest BCUT2D eigenvalue weighted by atomic mass is 79.9. The van der Waals surface area contributed by atoms with Crippen LogP contribution in [-0.2, 0) is 6.42 Å².